The number of benzene rings is 1. The summed E-state index contributed by atoms with van der Waals surface area (Å²) in [6.45, 7) is 2.96. The molecule has 2 aliphatic heterocycles. The van der Waals surface area contributed by atoms with Crippen LogP contribution in [0.5, 0.6) is 5.75 Å². The molecule has 1 atom stereocenters. The van der Waals surface area contributed by atoms with Crippen molar-refractivity contribution in [2.24, 2.45) is 0 Å². The Morgan fingerprint density at radius 1 is 1.41 bits per heavy atom. The Labute approximate surface area is 132 Å². The van der Waals surface area contributed by atoms with Gasteiger partial charge in [-0.2, -0.15) is 0 Å². The molecule has 2 aliphatic rings. The molecular formula is C17H25N3O2. The van der Waals surface area contributed by atoms with Crippen LogP contribution in [0.1, 0.15) is 30.4 Å². The van der Waals surface area contributed by atoms with E-state index in [0.29, 0.717) is 12.5 Å². The molecule has 1 amide bonds. The van der Waals surface area contributed by atoms with Crippen molar-refractivity contribution in [1.82, 2.24) is 10.6 Å². The highest BCUT2D eigenvalue weighted by Gasteiger charge is 2.23. The lowest BCUT2D eigenvalue weighted by molar-refractivity contribution is -0.118. The van der Waals surface area contributed by atoms with Crippen molar-refractivity contribution < 1.29 is 9.53 Å². The first-order valence-electron chi connectivity index (χ1n) is 8.09. The number of aryl methyl sites for hydroxylation is 1. The highest BCUT2D eigenvalue weighted by Crippen LogP contribution is 2.33. The number of nitrogens with one attached hydrogen (secondary N) is 2. The van der Waals surface area contributed by atoms with E-state index in [1.165, 1.54) is 24.0 Å². The van der Waals surface area contributed by atoms with Gasteiger partial charge in [-0.05, 0) is 37.4 Å². The van der Waals surface area contributed by atoms with Crippen molar-refractivity contribution in [2.75, 3.05) is 32.1 Å². The van der Waals surface area contributed by atoms with Crippen LogP contribution in [0.15, 0.2) is 12.1 Å². The number of carbonyl (C=O) groups excluding carboxylic acids is 1. The minimum Gasteiger partial charge on any atom is -0.496 e. The van der Waals surface area contributed by atoms with Crippen LogP contribution in [0.25, 0.3) is 0 Å². The number of hydrogen-bond acceptors (Lipinski definition) is 4. The van der Waals surface area contributed by atoms with E-state index in [4.69, 9.17) is 4.74 Å². The van der Waals surface area contributed by atoms with Gasteiger partial charge in [0.15, 0.2) is 0 Å². The normalized spacial score (nSPS) is 21.6. The highest BCUT2D eigenvalue weighted by atomic mass is 16.5. The molecule has 2 N–H and O–H groups in total. The molecule has 1 fully saturated rings. The first-order chi connectivity index (χ1) is 10.7. The van der Waals surface area contributed by atoms with Crippen LogP contribution >= 0.6 is 0 Å². The van der Waals surface area contributed by atoms with Crippen molar-refractivity contribution in [3.05, 3.63) is 23.3 Å². The largest absolute Gasteiger partial charge is 0.496 e. The maximum absolute atomic E-state index is 11.8. The number of nitrogens with zero attached hydrogens (tertiary/aromatic N) is 1. The van der Waals surface area contributed by atoms with E-state index in [2.05, 4.69) is 16.7 Å². The van der Waals surface area contributed by atoms with E-state index in [1.54, 1.807) is 12.0 Å². The molecule has 0 unspecified atom stereocenters. The molecule has 1 aromatic rings. The Morgan fingerprint density at radius 2 is 2.27 bits per heavy atom. The first-order valence-corrected chi connectivity index (χ1v) is 8.09. The Bertz CT molecular complexity index is 553. The average molecular weight is 303 g/mol. The van der Waals surface area contributed by atoms with Crippen LogP contribution in [0.2, 0.25) is 0 Å². The van der Waals surface area contributed by atoms with Gasteiger partial charge in [-0.3, -0.25) is 4.79 Å². The summed E-state index contributed by atoms with van der Waals surface area (Å²) in [6.07, 6.45) is 3.86. The van der Waals surface area contributed by atoms with Gasteiger partial charge in [0.2, 0.25) is 5.91 Å². The zero-order valence-corrected chi connectivity index (χ0v) is 13.4. The molecule has 5 nitrogen and oxygen atoms in total. The number of methoxy groups -OCH3 is 1. The smallest absolute Gasteiger partial charge is 0.227 e. The van der Waals surface area contributed by atoms with Crippen LogP contribution in [-0.2, 0) is 17.8 Å². The van der Waals surface area contributed by atoms with Crippen LogP contribution in [0, 0.1) is 0 Å². The predicted octanol–water partition coefficient (Wildman–Crippen LogP) is 1.45. The second kappa shape index (κ2) is 6.67. The summed E-state index contributed by atoms with van der Waals surface area (Å²) in [5.74, 6) is 1.03. The Kier molecular flexibility index (Phi) is 4.64. The standard InChI is InChI=1S/C17H25N3O2/c1-20-15-9-16(22-2)13(8-12(15)5-6-17(20)21)10-19-14-4-3-7-18-11-14/h8-9,14,18-19H,3-7,10-11H2,1-2H3/t14-/m0/s1. The summed E-state index contributed by atoms with van der Waals surface area (Å²) < 4.78 is 5.54. The zero-order chi connectivity index (χ0) is 15.5. The number of rotatable bonds is 4. The van der Waals surface area contributed by atoms with Crippen molar-refractivity contribution in [1.29, 1.82) is 0 Å². The number of carbonyl (C=O) groups is 1. The Balaban J connectivity index is 1.77. The molecule has 1 saturated heterocycles. The second-order valence-corrected chi connectivity index (χ2v) is 6.17. The van der Waals surface area contributed by atoms with E-state index in [-0.39, 0.29) is 5.91 Å². The van der Waals surface area contributed by atoms with Gasteiger partial charge >= 0.3 is 0 Å². The van der Waals surface area contributed by atoms with Gasteiger partial charge in [0.25, 0.3) is 0 Å². The van der Waals surface area contributed by atoms with E-state index in [0.717, 1.165) is 37.5 Å². The number of fused-ring (bicyclic) bond motifs is 1. The summed E-state index contributed by atoms with van der Waals surface area (Å²) in [7, 11) is 3.53. The summed E-state index contributed by atoms with van der Waals surface area (Å²) in [4.78, 5) is 13.6. The van der Waals surface area contributed by atoms with Crippen LogP contribution in [-0.4, -0.2) is 39.2 Å². The molecule has 3 rings (SSSR count). The Hall–Kier alpha value is -1.59. The van der Waals surface area contributed by atoms with Gasteiger partial charge in [-0.1, -0.05) is 0 Å². The zero-order valence-electron chi connectivity index (χ0n) is 13.4. The lowest BCUT2D eigenvalue weighted by atomic mass is 9.98. The van der Waals surface area contributed by atoms with E-state index >= 15 is 0 Å². The quantitative estimate of drug-likeness (QED) is 0.884. The first kappa shape index (κ1) is 15.3. The molecule has 0 spiro atoms. The molecular weight excluding hydrogens is 278 g/mol. The van der Waals surface area contributed by atoms with Gasteiger partial charge in [-0.15, -0.1) is 0 Å². The minimum atomic E-state index is 0.175. The highest BCUT2D eigenvalue weighted by molar-refractivity contribution is 5.96. The van der Waals surface area contributed by atoms with Crippen molar-refractivity contribution in [2.45, 2.75) is 38.3 Å². The maximum Gasteiger partial charge on any atom is 0.227 e. The third kappa shape index (κ3) is 3.10. The fourth-order valence-corrected chi connectivity index (χ4v) is 3.33. The monoisotopic (exact) mass is 303 g/mol. The molecule has 5 heteroatoms. The van der Waals surface area contributed by atoms with Gasteiger partial charge in [0.1, 0.15) is 5.75 Å². The molecule has 0 saturated carbocycles. The van der Waals surface area contributed by atoms with E-state index in [1.807, 2.05) is 13.1 Å². The third-order valence-electron chi connectivity index (χ3n) is 4.70. The molecule has 22 heavy (non-hydrogen) atoms. The van der Waals surface area contributed by atoms with Crippen molar-refractivity contribution in [3.8, 4) is 5.75 Å². The van der Waals surface area contributed by atoms with Gasteiger partial charge in [0, 0.05) is 44.2 Å². The van der Waals surface area contributed by atoms with E-state index < -0.39 is 0 Å². The predicted molar refractivity (Wildman–Crippen MR) is 87.5 cm³/mol. The summed E-state index contributed by atoms with van der Waals surface area (Å²) >= 11 is 0. The number of amides is 1. The van der Waals surface area contributed by atoms with Crippen molar-refractivity contribution >= 4 is 11.6 Å². The SMILES string of the molecule is COc1cc2c(cc1CN[C@H]1CCCNC1)CCC(=O)N2C. The second-order valence-electron chi connectivity index (χ2n) is 6.17. The fraction of sp³-hybridized carbons (Fsp3) is 0.588. The van der Waals surface area contributed by atoms with Crippen LogP contribution in [0.3, 0.4) is 0 Å². The molecule has 0 radical (unpaired) electrons. The molecule has 0 aliphatic carbocycles. The number of ether oxygens (including phenoxy) is 1. The minimum absolute atomic E-state index is 0.175. The van der Waals surface area contributed by atoms with E-state index in [9.17, 15) is 4.79 Å². The number of piperidine rings is 1. The summed E-state index contributed by atoms with van der Waals surface area (Å²) in [6, 6.07) is 4.72. The van der Waals surface area contributed by atoms with Crippen molar-refractivity contribution in [3.63, 3.8) is 0 Å². The molecule has 0 aromatic heterocycles. The third-order valence-corrected chi connectivity index (χ3v) is 4.70. The van der Waals surface area contributed by atoms with Gasteiger partial charge < -0.3 is 20.3 Å². The lowest BCUT2D eigenvalue weighted by Gasteiger charge is -2.28. The fourth-order valence-electron chi connectivity index (χ4n) is 3.33. The average Bonchev–Trinajstić information content (AvgIpc) is 2.57. The lowest BCUT2D eigenvalue weighted by Crippen LogP contribution is -2.42. The van der Waals surface area contributed by atoms with Crippen LogP contribution < -0.4 is 20.3 Å². The maximum atomic E-state index is 11.8. The summed E-state index contributed by atoms with van der Waals surface area (Å²) in [5.41, 5.74) is 3.40. The van der Waals surface area contributed by atoms with Gasteiger partial charge in [-0.25, -0.2) is 0 Å². The molecule has 1 aromatic carbocycles. The molecule has 120 valence electrons. The van der Waals surface area contributed by atoms with Crippen LogP contribution in [0.4, 0.5) is 5.69 Å². The number of hydrogen-bond donors (Lipinski definition) is 2. The topological polar surface area (TPSA) is 53.6 Å². The number of anilines is 1. The Morgan fingerprint density at radius 3 is 3.00 bits per heavy atom. The molecule has 0 bridgehead atoms. The summed E-state index contributed by atoms with van der Waals surface area (Å²) in [5, 5.41) is 7.04. The molecule has 2 heterocycles. The van der Waals surface area contributed by atoms with Gasteiger partial charge in [0.05, 0.1) is 12.8 Å².